The van der Waals surface area contributed by atoms with Gasteiger partial charge in [0.25, 0.3) is 5.91 Å². The Morgan fingerprint density at radius 1 is 0.966 bits per heavy atom. The number of pyridine rings is 1. The highest BCUT2D eigenvalue weighted by Gasteiger charge is 2.41. The molecule has 0 aliphatic heterocycles. The second-order valence-electron chi connectivity index (χ2n) is 5.69. The van der Waals surface area contributed by atoms with E-state index in [2.05, 4.69) is 15.4 Å². The van der Waals surface area contributed by atoms with E-state index in [4.69, 9.17) is 0 Å². The Morgan fingerprint density at radius 3 is 2.21 bits per heavy atom. The number of rotatable bonds is 3. The summed E-state index contributed by atoms with van der Waals surface area (Å²) in [6.07, 6.45) is -8.83. The number of phenolic OH excluding ortho intramolecular Hbond substituents is 1. The van der Waals surface area contributed by atoms with Gasteiger partial charge in [0, 0.05) is 6.20 Å². The number of alkyl halides is 6. The molecule has 0 radical (unpaired) electrons. The van der Waals surface area contributed by atoms with E-state index in [1.54, 1.807) is 0 Å². The van der Waals surface area contributed by atoms with Gasteiger partial charge in [-0.2, -0.15) is 31.4 Å². The maximum atomic E-state index is 13.6. The van der Waals surface area contributed by atoms with E-state index in [1.807, 2.05) is 0 Å². The Balaban J connectivity index is 2.02. The number of para-hydroxylation sites is 2. The zero-order valence-corrected chi connectivity index (χ0v) is 14.1. The largest absolute Gasteiger partial charge is 0.506 e. The van der Waals surface area contributed by atoms with Crippen LogP contribution in [0.1, 0.15) is 21.6 Å². The van der Waals surface area contributed by atoms with Gasteiger partial charge in [-0.25, -0.2) is 9.67 Å². The number of anilines is 1. The van der Waals surface area contributed by atoms with Crippen LogP contribution in [-0.4, -0.2) is 25.8 Å². The SMILES string of the molecule is O=C(Nc1ccccc1O)c1cnn(-c2ccc(C(F)(F)F)cn2)c1C(F)(F)F. The van der Waals surface area contributed by atoms with E-state index >= 15 is 0 Å². The average molecular weight is 416 g/mol. The van der Waals surface area contributed by atoms with Crippen molar-refractivity contribution in [3.63, 3.8) is 0 Å². The molecule has 0 unspecified atom stereocenters. The molecule has 0 spiro atoms. The number of nitrogens with zero attached hydrogens (tertiary/aromatic N) is 3. The summed E-state index contributed by atoms with van der Waals surface area (Å²) in [5.41, 5.74) is -3.72. The van der Waals surface area contributed by atoms with Crippen molar-refractivity contribution in [3.05, 3.63) is 65.6 Å². The summed E-state index contributed by atoms with van der Waals surface area (Å²) in [5, 5.41) is 15.2. The van der Waals surface area contributed by atoms with Crippen molar-refractivity contribution < 1.29 is 36.2 Å². The molecular weight excluding hydrogens is 406 g/mol. The fraction of sp³-hybridized carbons (Fsp3) is 0.118. The number of aromatic nitrogens is 3. The molecule has 2 N–H and O–H groups in total. The Bertz CT molecular complexity index is 1040. The van der Waals surface area contributed by atoms with Gasteiger partial charge in [0.1, 0.15) is 5.75 Å². The second-order valence-corrected chi connectivity index (χ2v) is 5.69. The molecule has 2 aromatic heterocycles. The molecule has 0 aliphatic rings. The molecule has 0 bridgehead atoms. The summed E-state index contributed by atoms with van der Waals surface area (Å²) < 4.78 is 78.8. The van der Waals surface area contributed by atoms with Crippen LogP contribution in [0.3, 0.4) is 0 Å². The number of hydrogen-bond donors (Lipinski definition) is 2. The molecule has 3 aromatic rings. The molecule has 1 aromatic carbocycles. The number of carbonyl (C=O) groups is 1. The van der Waals surface area contributed by atoms with E-state index in [1.165, 1.54) is 24.3 Å². The van der Waals surface area contributed by atoms with Crippen molar-refractivity contribution in [3.8, 4) is 11.6 Å². The first-order chi connectivity index (χ1) is 13.5. The third-order valence-corrected chi connectivity index (χ3v) is 3.73. The number of halogens is 6. The first-order valence-electron chi connectivity index (χ1n) is 7.76. The third-order valence-electron chi connectivity index (χ3n) is 3.73. The highest BCUT2D eigenvalue weighted by Crippen LogP contribution is 2.35. The molecule has 0 saturated heterocycles. The van der Waals surface area contributed by atoms with Crippen molar-refractivity contribution >= 4 is 11.6 Å². The molecule has 6 nitrogen and oxygen atoms in total. The monoisotopic (exact) mass is 416 g/mol. The van der Waals surface area contributed by atoms with E-state index in [0.717, 1.165) is 0 Å². The lowest BCUT2D eigenvalue weighted by molar-refractivity contribution is -0.143. The topological polar surface area (TPSA) is 80.0 Å². The number of hydrogen-bond acceptors (Lipinski definition) is 4. The van der Waals surface area contributed by atoms with Gasteiger partial charge in [-0.3, -0.25) is 4.79 Å². The molecule has 12 heteroatoms. The predicted octanol–water partition coefficient (Wildman–Crippen LogP) is 4.26. The van der Waals surface area contributed by atoms with E-state index < -0.39 is 40.9 Å². The number of benzene rings is 1. The third kappa shape index (κ3) is 4.15. The van der Waals surface area contributed by atoms with Crippen molar-refractivity contribution in [1.29, 1.82) is 0 Å². The Kier molecular flexibility index (Phi) is 4.95. The first kappa shape index (κ1) is 20.2. The maximum absolute atomic E-state index is 13.6. The standard InChI is InChI=1S/C17H10F6N4O2/c18-16(19,20)9-5-6-13(24-7-9)27-14(17(21,22)23)10(8-25-27)15(29)26-11-3-1-2-4-12(11)28/h1-8,28H,(H,26,29). The molecule has 152 valence electrons. The number of nitrogens with one attached hydrogen (secondary N) is 1. The quantitative estimate of drug-likeness (QED) is 0.494. The van der Waals surface area contributed by atoms with Crippen LogP contribution in [0, 0.1) is 0 Å². The van der Waals surface area contributed by atoms with Gasteiger partial charge in [-0.05, 0) is 24.3 Å². The van der Waals surface area contributed by atoms with Crippen LogP contribution in [0.15, 0.2) is 48.8 Å². The van der Waals surface area contributed by atoms with Gasteiger partial charge >= 0.3 is 12.4 Å². The minimum absolute atomic E-state index is 0.133. The lowest BCUT2D eigenvalue weighted by atomic mass is 10.2. The Hall–Kier alpha value is -3.57. The molecule has 29 heavy (non-hydrogen) atoms. The predicted molar refractivity (Wildman–Crippen MR) is 87.4 cm³/mol. The fourth-order valence-corrected chi connectivity index (χ4v) is 2.41. The van der Waals surface area contributed by atoms with Crippen molar-refractivity contribution in [2.75, 3.05) is 5.32 Å². The summed E-state index contributed by atoms with van der Waals surface area (Å²) in [7, 11) is 0. The summed E-state index contributed by atoms with van der Waals surface area (Å²) in [4.78, 5) is 15.7. The van der Waals surface area contributed by atoms with Gasteiger partial charge in [0.05, 0.1) is 23.0 Å². The minimum Gasteiger partial charge on any atom is -0.506 e. The average Bonchev–Trinajstić information content (AvgIpc) is 3.09. The van der Waals surface area contributed by atoms with Crippen LogP contribution in [0.5, 0.6) is 5.75 Å². The Morgan fingerprint density at radius 2 is 1.66 bits per heavy atom. The van der Waals surface area contributed by atoms with Crippen LogP contribution in [-0.2, 0) is 12.4 Å². The molecule has 1 amide bonds. The van der Waals surface area contributed by atoms with Crippen molar-refractivity contribution in [2.45, 2.75) is 12.4 Å². The lowest BCUT2D eigenvalue weighted by Gasteiger charge is -2.13. The van der Waals surface area contributed by atoms with Gasteiger partial charge in [-0.15, -0.1) is 0 Å². The molecule has 0 saturated carbocycles. The van der Waals surface area contributed by atoms with Crippen molar-refractivity contribution in [2.24, 2.45) is 0 Å². The van der Waals surface area contributed by atoms with E-state index in [0.29, 0.717) is 24.5 Å². The van der Waals surface area contributed by atoms with Crippen LogP contribution >= 0.6 is 0 Å². The van der Waals surface area contributed by atoms with Gasteiger partial charge in [0.2, 0.25) is 0 Å². The maximum Gasteiger partial charge on any atom is 0.434 e. The molecule has 0 aliphatic carbocycles. The van der Waals surface area contributed by atoms with Crippen LogP contribution in [0.25, 0.3) is 5.82 Å². The zero-order chi connectivity index (χ0) is 21.4. The van der Waals surface area contributed by atoms with Gasteiger partial charge in [-0.1, -0.05) is 12.1 Å². The number of carbonyl (C=O) groups excluding carboxylic acids is 1. The Labute approximate surface area is 158 Å². The van der Waals surface area contributed by atoms with Crippen LogP contribution < -0.4 is 5.32 Å². The van der Waals surface area contributed by atoms with E-state index in [9.17, 15) is 36.2 Å². The smallest absolute Gasteiger partial charge is 0.434 e. The molecule has 3 rings (SSSR count). The summed E-state index contributed by atoms with van der Waals surface area (Å²) in [6.45, 7) is 0. The van der Waals surface area contributed by atoms with Crippen LogP contribution in [0.2, 0.25) is 0 Å². The number of phenols is 1. The van der Waals surface area contributed by atoms with E-state index in [-0.39, 0.29) is 16.1 Å². The molecule has 0 atom stereocenters. The number of aromatic hydroxyl groups is 1. The van der Waals surface area contributed by atoms with Gasteiger partial charge in [0.15, 0.2) is 11.5 Å². The highest BCUT2D eigenvalue weighted by molar-refractivity contribution is 6.05. The van der Waals surface area contributed by atoms with Crippen LogP contribution in [0.4, 0.5) is 32.0 Å². The zero-order valence-electron chi connectivity index (χ0n) is 14.1. The highest BCUT2D eigenvalue weighted by atomic mass is 19.4. The second kappa shape index (κ2) is 7.11. The summed E-state index contributed by atoms with van der Waals surface area (Å²) in [5.74, 6) is -2.16. The van der Waals surface area contributed by atoms with Crippen molar-refractivity contribution in [1.82, 2.24) is 14.8 Å². The van der Waals surface area contributed by atoms with Gasteiger partial charge < -0.3 is 10.4 Å². The summed E-state index contributed by atoms with van der Waals surface area (Å²) in [6, 6.07) is 6.62. The molecule has 2 heterocycles. The molecular formula is C17H10F6N4O2. The number of amides is 1. The minimum atomic E-state index is -5.08. The first-order valence-corrected chi connectivity index (χ1v) is 7.76. The normalized spacial score (nSPS) is 12.1. The lowest BCUT2D eigenvalue weighted by Crippen LogP contribution is -2.21. The molecule has 0 fully saturated rings. The fourth-order valence-electron chi connectivity index (χ4n) is 2.41. The summed E-state index contributed by atoms with van der Waals surface area (Å²) >= 11 is 0.